The molecule has 2 heterocycles. The molecule has 2 aliphatic rings. The van der Waals surface area contributed by atoms with Crippen LogP contribution in [0.5, 0.6) is 0 Å². The molecule has 5 nitrogen and oxygen atoms in total. The number of hydrogen-bond donors (Lipinski definition) is 1. The average molecular weight is 368 g/mol. The van der Waals surface area contributed by atoms with Gasteiger partial charge in [-0.1, -0.05) is 25.3 Å². The van der Waals surface area contributed by atoms with Crippen LogP contribution in [0, 0.1) is 0 Å². The molecule has 1 aliphatic carbocycles. The van der Waals surface area contributed by atoms with Gasteiger partial charge in [-0.2, -0.15) is 0 Å². The van der Waals surface area contributed by atoms with Crippen LogP contribution in [0.2, 0.25) is 0 Å². The summed E-state index contributed by atoms with van der Waals surface area (Å²) in [5.74, 6) is 0.451. The molecule has 24 heavy (non-hydrogen) atoms. The molecule has 3 rings (SSSR count). The molecular formula is C17H25N3O2S2. The lowest BCUT2D eigenvalue weighted by molar-refractivity contribution is 0.309. The topological polar surface area (TPSA) is 62.3 Å². The third-order valence-corrected chi connectivity index (χ3v) is 7.02. The van der Waals surface area contributed by atoms with Crippen LogP contribution in [0.1, 0.15) is 44.1 Å². The van der Waals surface area contributed by atoms with Gasteiger partial charge in [0.15, 0.2) is 14.9 Å². The van der Waals surface area contributed by atoms with Crippen LogP contribution in [-0.4, -0.2) is 47.0 Å². The van der Waals surface area contributed by atoms with Crippen LogP contribution < -0.4 is 5.32 Å². The van der Waals surface area contributed by atoms with Crippen LogP contribution in [0.15, 0.2) is 24.5 Å². The zero-order chi connectivity index (χ0) is 17.0. The average Bonchev–Trinajstić information content (AvgIpc) is 2.94. The first kappa shape index (κ1) is 17.6. The van der Waals surface area contributed by atoms with E-state index >= 15 is 0 Å². The summed E-state index contributed by atoms with van der Waals surface area (Å²) >= 11 is 5.67. The van der Waals surface area contributed by atoms with E-state index in [-0.39, 0.29) is 17.5 Å². The molecular weight excluding hydrogens is 342 g/mol. The molecule has 1 aromatic rings. The molecule has 0 bridgehead atoms. The van der Waals surface area contributed by atoms with Crippen molar-refractivity contribution in [2.75, 3.05) is 11.5 Å². The molecule has 1 saturated heterocycles. The van der Waals surface area contributed by atoms with E-state index in [9.17, 15) is 8.42 Å². The maximum absolute atomic E-state index is 11.9. The van der Waals surface area contributed by atoms with E-state index in [0.717, 1.165) is 18.4 Å². The van der Waals surface area contributed by atoms with Crippen LogP contribution >= 0.6 is 12.2 Å². The third kappa shape index (κ3) is 4.66. The number of pyridine rings is 1. The maximum atomic E-state index is 11.9. The Labute approximate surface area is 149 Å². The monoisotopic (exact) mass is 367 g/mol. The highest BCUT2D eigenvalue weighted by Gasteiger charge is 2.34. The van der Waals surface area contributed by atoms with E-state index in [1.807, 2.05) is 18.3 Å². The fourth-order valence-corrected chi connectivity index (χ4v) is 5.69. The van der Waals surface area contributed by atoms with E-state index in [0.29, 0.717) is 24.1 Å². The second kappa shape index (κ2) is 7.78. The Balaban J connectivity index is 1.72. The summed E-state index contributed by atoms with van der Waals surface area (Å²) in [4.78, 5) is 6.22. The van der Waals surface area contributed by atoms with Crippen molar-refractivity contribution in [2.24, 2.45) is 0 Å². The van der Waals surface area contributed by atoms with Crippen molar-refractivity contribution in [1.29, 1.82) is 0 Å². The highest BCUT2D eigenvalue weighted by atomic mass is 32.2. The SMILES string of the molecule is O=S1(=O)CC[C@@H](N(Cc2cccnc2)C(=S)NC2CCCCC2)C1. The van der Waals surface area contributed by atoms with Crippen molar-refractivity contribution in [3.63, 3.8) is 0 Å². The summed E-state index contributed by atoms with van der Waals surface area (Å²) in [6.07, 6.45) is 10.3. The Kier molecular flexibility index (Phi) is 5.71. The van der Waals surface area contributed by atoms with Crippen LogP contribution in [0.25, 0.3) is 0 Å². The number of rotatable bonds is 4. The van der Waals surface area contributed by atoms with Gasteiger partial charge in [0, 0.05) is 31.0 Å². The molecule has 2 fully saturated rings. The van der Waals surface area contributed by atoms with Crippen molar-refractivity contribution < 1.29 is 8.42 Å². The molecule has 0 aromatic carbocycles. The van der Waals surface area contributed by atoms with Crippen molar-refractivity contribution in [2.45, 2.75) is 57.2 Å². The maximum Gasteiger partial charge on any atom is 0.169 e. The van der Waals surface area contributed by atoms with Gasteiger partial charge in [-0.25, -0.2) is 8.42 Å². The normalized spacial score (nSPS) is 23.8. The summed E-state index contributed by atoms with van der Waals surface area (Å²) in [5.41, 5.74) is 1.05. The number of nitrogens with one attached hydrogen (secondary N) is 1. The molecule has 132 valence electrons. The fourth-order valence-electron chi connectivity index (χ4n) is 3.58. The Bertz CT molecular complexity index is 658. The molecule has 1 N–H and O–H groups in total. The molecule has 1 atom stereocenters. The Morgan fingerprint density at radius 1 is 1.29 bits per heavy atom. The van der Waals surface area contributed by atoms with Gasteiger partial charge >= 0.3 is 0 Å². The van der Waals surface area contributed by atoms with E-state index in [4.69, 9.17) is 12.2 Å². The standard InChI is InChI=1S/C17H25N3O2S2/c21-24(22)10-8-16(13-24)20(12-14-5-4-9-18-11-14)17(23)19-15-6-2-1-3-7-15/h4-5,9,11,15-16H,1-3,6-8,10,12-13H2,(H,19,23)/t16-/m1/s1. The van der Waals surface area contributed by atoms with Crippen LogP contribution in [-0.2, 0) is 16.4 Å². The second-order valence-corrected chi connectivity index (χ2v) is 9.45. The summed E-state index contributed by atoms with van der Waals surface area (Å²) in [5, 5.41) is 4.17. The summed E-state index contributed by atoms with van der Waals surface area (Å²) < 4.78 is 23.8. The first-order valence-corrected chi connectivity index (χ1v) is 10.9. The summed E-state index contributed by atoms with van der Waals surface area (Å²) in [6.45, 7) is 0.604. The van der Waals surface area contributed by atoms with E-state index < -0.39 is 9.84 Å². The first-order valence-electron chi connectivity index (χ1n) is 8.70. The molecule has 0 amide bonds. The van der Waals surface area contributed by atoms with Crippen LogP contribution in [0.4, 0.5) is 0 Å². The highest BCUT2D eigenvalue weighted by Crippen LogP contribution is 2.22. The number of hydrogen-bond acceptors (Lipinski definition) is 4. The van der Waals surface area contributed by atoms with Gasteiger partial charge in [-0.3, -0.25) is 4.98 Å². The Hall–Kier alpha value is -1.21. The predicted molar refractivity (Wildman–Crippen MR) is 99.4 cm³/mol. The van der Waals surface area contributed by atoms with Gasteiger partial charge in [0.1, 0.15) is 0 Å². The molecule has 0 spiro atoms. The number of thiocarbonyl (C=S) groups is 1. The smallest absolute Gasteiger partial charge is 0.169 e. The summed E-state index contributed by atoms with van der Waals surface area (Å²) in [7, 11) is -2.94. The van der Waals surface area contributed by atoms with Gasteiger partial charge in [-0.05, 0) is 43.1 Å². The Morgan fingerprint density at radius 3 is 2.71 bits per heavy atom. The molecule has 0 radical (unpaired) electrons. The van der Waals surface area contributed by atoms with E-state index in [1.54, 1.807) is 6.20 Å². The molecule has 0 unspecified atom stereocenters. The predicted octanol–water partition coefficient (Wildman–Crippen LogP) is 2.28. The summed E-state index contributed by atoms with van der Waals surface area (Å²) in [6, 6.07) is 4.28. The van der Waals surface area contributed by atoms with E-state index in [1.165, 1.54) is 19.3 Å². The lowest BCUT2D eigenvalue weighted by Crippen LogP contribution is -2.49. The quantitative estimate of drug-likeness (QED) is 0.824. The van der Waals surface area contributed by atoms with E-state index in [2.05, 4.69) is 15.2 Å². The lowest BCUT2D eigenvalue weighted by Gasteiger charge is -2.34. The highest BCUT2D eigenvalue weighted by molar-refractivity contribution is 7.91. The van der Waals surface area contributed by atoms with Gasteiger partial charge in [0.05, 0.1) is 11.5 Å². The zero-order valence-corrected chi connectivity index (χ0v) is 15.5. The molecule has 7 heteroatoms. The second-order valence-electron chi connectivity index (χ2n) is 6.83. The van der Waals surface area contributed by atoms with Crippen molar-refractivity contribution in [1.82, 2.24) is 15.2 Å². The zero-order valence-electron chi connectivity index (χ0n) is 13.9. The largest absolute Gasteiger partial charge is 0.360 e. The minimum Gasteiger partial charge on any atom is -0.360 e. The third-order valence-electron chi connectivity index (χ3n) is 4.92. The minimum atomic E-state index is -2.94. The molecule has 1 aliphatic heterocycles. The van der Waals surface area contributed by atoms with Crippen LogP contribution in [0.3, 0.4) is 0 Å². The fraction of sp³-hybridized carbons (Fsp3) is 0.647. The Morgan fingerprint density at radius 2 is 2.08 bits per heavy atom. The number of aromatic nitrogens is 1. The number of nitrogens with zero attached hydrogens (tertiary/aromatic N) is 2. The van der Waals surface area contributed by atoms with Gasteiger partial charge in [0.25, 0.3) is 0 Å². The van der Waals surface area contributed by atoms with Gasteiger partial charge < -0.3 is 10.2 Å². The van der Waals surface area contributed by atoms with Crippen molar-refractivity contribution >= 4 is 27.2 Å². The van der Waals surface area contributed by atoms with Crippen molar-refractivity contribution in [3.8, 4) is 0 Å². The lowest BCUT2D eigenvalue weighted by atomic mass is 9.96. The first-order chi connectivity index (χ1) is 11.5. The molecule has 1 aromatic heterocycles. The number of sulfone groups is 1. The van der Waals surface area contributed by atoms with Gasteiger partial charge in [0.2, 0.25) is 0 Å². The molecule has 1 saturated carbocycles. The van der Waals surface area contributed by atoms with Gasteiger partial charge in [-0.15, -0.1) is 0 Å². The van der Waals surface area contributed by atoms with Crippen molar-refractivity contribution in [3.05, 3.63) is 30.1 Å². The minimum absolute atomic E-state index is 0.0428.